The minimum Gasteiger partial charge on any atom is -0.489 e. The van der Waals surface area contributed by atoms with Crippen LogP contribution in [0.15, 0.2) is 48.5 Å². The minimum absolute atomic E-state index is 0.103. The van der Waals surface area contributed by atoms with Crippen LogP contribution < -0.4 is 4.74 Å². The van der Waals surface area contributed by atoms with Gasteiger partial charge in [0.15, 0.2) is 0 Å². The molecule has 0 unspecified atom stereocenters. The van der Waals surface area contributed by atoms with Gasteiger partial charge in [-0.3, -0.25) is 14.6 Å². The van der Waals surface area contributed by atoms with Gasteiger partial charge in [-0.05, 0) is 43.5 Å². The first-order valence-electron chi connectivity index (χ1n) is 13.6. The Hall–Kier alpha value is -2.41. The van der Waals surface area contributed by atoms with E-state index in [-0.39, 0.29) is 18.0 Å². The lowest BCUT2D eigenvalue weighted by atomic mass is 9.85. The number of aliphatic hydroxyl groups is 1. The van der Waals surface area contributed by atoms with Gasteiger partial charge in [0.1, 0.15) is 12.4 Å². The number of rotatable bonds is 9. The van der Waals surface area contributed by atoms with Gasteiger partial charge < -0.3 is 14.7 Å². The lowest BCUT2D eigenvalue weighted by Crippen LogP contribution is -2.60. The van der Waals surface area contributed by atoms with Gasteiger partial charge in [-0.15, -0.1) is 0 Å². The number of nitrogens with zero attached hydrogens (tertiary/aromatic N) is 3. The molecule has 1 saturated carbocycles. The van der Waals surface area contributed by atoms with E-state index in [9.17, 15) is 9.90 Å². The van der Waals surface area contributed by atoms with E-state index in [2.05, 4.69) is 54.1 Å². The van der Waals surface area contributed by atoms with Crippen molar-refractivity contribution in [1.82, 2.24) is 14.7 Å². The largest absolute Gasteiger partial charge is 0.489 e. The molecular weight excluding hydrogens is 450 g/mol. The first kappa shape index (κ1) is 26.6. The van der Waals surface area contributed by atoms with Crippen LogP contribution in [0.1, 0.15) is 56.2 Å². The molecule has 3 atom stereocenters. The summed E-state index contributed by atoms with van der Waals surface area (Å²) in [5.41, 5.74) is 3.67. The van der Waals surface area contributed by atoms with E-state index < -0.39 is 6.10 Å². The predicted octanol–water partition coefficient (Wildman–Crippen LogP) is 4.10. The van der Waals surface area contributed by atoms with Crippen molar-refractivity contribution in [2.75, 3.05) is 33.2 Å². The number of hydrogen-bond donors (Lipinski definition) is 1. The second-order valence-electron chi connectivity index (χ2n) is 10.5. The van der Waals surface area contributed by atoms with Gasteiger partial charge in [-0.1, -0.05) is 62.2 Å². The van der Waals surface area contributed by atoms with Crippen LogP contribution in [0, 0.1) is 0 Å². The average Bonchev–Trinajstić information content (AvgIpc) is 2.89. The number of likely N-dealkylation sites (N-methyl/N-ethyl adjacent to an activating group) is 1. The molecule has 1 aliphatic carbocycles. The average molecular weight is 494 g/mol. The SMILES string of the molecule is CCCc1ccc(OCc2ccccc2)c(CN(C)[C@@H]2CCC[C@@H](N3CCN(C(C)=O)CC3)[C@@H]2O)c1. The molecule has 2 fully saturated rings. The van der Waals surface area contributed by atoms with Crippen LogP contribution in [0.2, 0.25) is 0 Å². The van der Waals surface area contributed by atoms with Crippen molar-refractivity contribution in [3.8, 4) is 5.75 Å². The second-order valence-corrected chi connectivity index (χ2v) is 10.5. The summed E-state index contributed by atoms with van der Waals surface area (Å²) >= 11 is 0. The lowest BCUT2D eigenvalue weighted by Gasteiger charge is -2.46. The van der Waals surface area contributed by atoms with Gasteiger partial charge in [0.25, 0.3) is 0 Å². The first-order chi connectivity index (χ1) is 17.5. The Morgan fingerprint density at radius 1 is 1.06 bits per heavy atom. The quantitative estimate of drug-likeness (QED) is 0.570. The maximum atomic E-state index is 11.7. The second kappa shape index (κ2) is 12.7. The third kappa shape index (κ3) is 6.67. The molecular formula is C30H43N3O3. The van der Waals surface area contributed by atoms with Crippen LogP contribution in [-0.4, -0.2) is 77.1 Å². The highest BCUT2D eigenvalue weighted by molar-refractivity contribution is 5.73. The summed E-state index contributed by atoms with van der Waals surface area (Å²) in [7, 11) is 2.14. The molecule has 1 saturated heterocycles. The Morgan fingerprint density at radius 2 is 1.81 bits per heavy atom. The van der Waals surface area contributed by atoms with E-state index in [4.69, 9.17) is 4.74 Å². The standard InChI is InChI=1S/C30H43N3O3/c1-4-9-24-14-15-29(36-22-25-10-6-5-7-11-25)26(20-24)21-31(3)27-12-8-13-28(30(27)35)33-18-16-32(17-19-33)23(2)34/h5-7,10-11,14-15,20,27-28,30,35H,4,8-9,12-13,16-19,21-22H2,1-3H3/t27-,28-,30-/m1/s1. The van der Waals surface area contributed by atoms with Crippen molar-refractivity contribution in [2.45, 2.75) is 77.3 Å². The third-order valence-corrected chi connectivity index (χ3v) is 7.90. The number of carbonyl (C=O) groups is 1. The fourth-order valence-electron chi connectivity index (χ4n) is 5.84. The van der Waals surface area contributed by atoms with Crippen molar-refractivity contribution in [3.63, 3.8) is 0 Å². The number of amides is 1. The molecule has 2 aliphatic rings. The van der Waals surface area contributed by atoms with Crippen molar-refractivity contribution >= 4 is 5.91 Å². The van der Waals surface area contributed by atoms with Crippen LogP contribution in [0.25, 0.3) is 0 Å². The van der Waals surface area contributed by atoms with Gasteiger partial charge in [0, 0.05) is 57.3 Å². The zero-order valence-electron chi connectivity index (χ0n) is 22.2. The van der Waals surface area contributed by atoms with Gasteiger partial charge in [0.05, 0.1) is 6.10 Å². The van der Waals surface area contributed by atoms with Gasteiger partial charge in [-0.25, -0.2) is 0 Å². The zero-order chi connectivity index (χ0) is 25.5. The maximum Gasteiger partial charge on any atom is 0.219 e. The van der Waals surface area contributed by atoms with E-state index in [1.807, 2.05) is 23.1 Å². The highest BCUT2D eigenvalue weighted by Crippen LogP contribution is 2.30. The Morgan fingerprint density at radius 3 is 2.50 bits per heavy atom. The molecule has 36 heavy (non-hydrogen) atoms. The third-order valence-electron chi connectivity index (χ3n) is 7.90. The van der Waals surface area contributed by atoms with E-state index in [0.717, 1.165) is 76.1 Å². The van der Waals surface area contributed by atoms with Crippen LogP contribution >= 0.6 is 0 Å². The highest BCUT2D eigenvalue weighted by Gasteiger charge is 2.38. The molecule has 0 aromatic heterocycles. The molecule has 1 N–H and O–H groups in total. The van der Waals surface area contributed by atoms with Crippen molar-refractivity contribution in [2.24, 2.45) is 0 Å². The minimum atomic E-state index is -0.403. The molecule has 1 amide bonds. The van der Waals surface area contributed by atoms with Crippen LogP contribution in [0.3, 0.4) is 0 Å². The number of ether oxygens (including phenoxy) is 1. The smallest absolute Gasteiger partial charge is 0.219 e. The molecule has 0 radical (unpaired) electrons. The van der Waals surface area contributed by atoms with E-state index >= 15 is 0 Å². The summed E-state index contributed by atoms with van der Waals surface area (Å²) in [5, 5.41) is 11.5. The van der Waals surface area contributed by atoms with E-state index in [1.165, 1.54) is 11.1 Å². The number of aliphatic hydroxyl groups excluding tert-OH is 1. The normalized spacial score (nSPS) is 23.1. The van der Waals surface area contributed by atoms with E-state index in [0.29, 0.717) is 6.61 Å². The Labute approximate surface area is 216 Å². The van der Waals surface area contributed by atoms with Crippen molar-refractivity contribution in [1.29, 1.82) is 0 Å². The van der Waals surface area contributed by atoms with Gasteiger partial charge in [0.2, 0.25) is 5.91 Å². The molecule has 1 aliphatic heterocycles. The summed E-state index contributed by atoms with van der Waals surface area (Å²) in [5.74, 6) is 1.07. The van der Waals surface area contributed by atoms with Crippen LogP contribution in [0.4, 0.5) is 0 Å². The number of aryl methyl sites for hydroxylation is 1. The summed E-state index contributed by atoms with van der Waals surface area (Å²) < 4.78 is 6.29. The monoisotopic (exact) mass is 493 g/mol. The summed E-state index contributed by atoms with van der Waals surface area (Å²) in [4.78, 5) is 18.4. The molecule has 2 aromatic rings. The molecule has 4 rings (SSSR count). The topological polar surface area (TPSA) is 56.2 Å². The summed E-state index contributed by atoms with van der Waals surface area (Å²) in [6.07, 6.45) is 4.88. The molecule has 1 heterocycles. The predicted molar refractivity (Wildman–Crippen MR) is 144 cm³/mol. The van der Waals surface area contributed by atoms with Crippen LogP contribution in [0.5, 0.6) is 5.75 Å². The van der Waals surface area contributed by atoms with E-state index in [1.54, 1.807) is 6.92 Å². The molecule has 6 heteroatoms. The lowest BCUT2D eigenvalue weighted by molar-refractivity contribution is -0.131. The maximum absolute atomic E-state index is 11.7. The summed E-state index contributed by atoms with van der Waals surface area (Å²) in [6.45, 7) is 8.34. The Balaban J connectivity index is 1.43. The number of carbonyl (C=O) groups excluding carboxylic acids is 1. The highest BCUT2D eigenvalue weighted by atomic mass is 16.5. The first-order valence-corrected chi connectivity index (χ1v) is 13.6. The molecule has 2 aromatic carbocycles. The number of benzene rings is 2. The molecule has 0 spiro atoms. The number of piperazine rings is 1. The fraction of sp³-hybridized carbons (Fsp3) is 0.567. The fourth-order valence-corrected chi connectivity index (χ4v) is 5.84. The molecule has 6 nitrogen and oxygen atoms in total. The summed E-state index contributed by atoms with van der Waals surface area (Å²) in [6, 6.07) is 17.1. The molecule has 0 bridgehead atoms. The van der Waals surface area contributed by atoms with Crippen molar-refractivity contribution in [3.05, 3.63) is 65.2 Å². The zero-order valence-corrected chi connectivity index (χ0v) is 22.2. The number of hydrogen-bond acceptors (Lipinski definition) is 5. The molecule has 196 valence electrons. The van der Waals surface area contributed by atoms with Crippen molar-refractivity contribution < 1.29 is 14.6 Å². The van der Waals surface area contributed by atoms with Gasteiger partial charge in [-0.2, -0.15) is 0 Å². The van der Waals surface area contributed by atoms with Gasteiger partial charge >= 0.3 is 0 Å². The Bertz CT molecular complexity index is 975. The van der Waals surface area contributed by atoms with Crippen LogP contribution in [-0.2, 0) is 24.4 Å². The Kier molecular flexibility index (Phi) is 9.41.